The Hall–Kier alpha value is -1.26. The lowest BCUT2D eigenvalue weighted by Crippen LogP contribution is -2.23. The summed E-state index contributed by atoms with van der Waals surface area (Å²) < 4.78 is 0. The Morgan fingerprint density at radius 1 is 1.27 bits per heavy atom. The van der Waals surface area contributed by atoms with Crippen LogP contribution in [0.5, 0.6) is 0 Å². The van der Waals surface area contributed by atoms with Crippen LogP contribution in [0.4, 0.5) is 0 Å². The number of terminal acetylenes is 1. The normalized spacial score (nSPS) is 10.2. The Labute approximate surface area is 93.1 Å². The van der Waals surface area contributed by atoms with Crippen molar-refractivity contribution in [3.05, 3.63) is 35.9 Å². The van der Waals surface area contributed by atoms with Crippen LogP contribution in [0.3, 0.4) is 0 Å². The number of hydrogen-bond donors (Lipinski definition) is 0. The molecular weight excluding hydrogens is 182 g/mol. The molecule has 0 saturated carbocycles. The fourth-order valence-electron chi connectivity index (χ4n) is 1.60. The molecule has 80 valence electrons. The molecule has 0 aliphatic heterocycles. The molecule has 0 N–H and O–H groups in total. The molecule has 1 heteroatoms. The highest BCUT2D eigenvalue weighted by atomic mass is 15.1. The maximum atomic E-state index is 5.24. The van der Waals surface area contributed by atoms with Crippen LogP contribution >= 0.6 is 0 Å². The van der Waals surface area contributed by atoms with E-state index in [-0.39, 0.29) is 0 Å². The van der Waals surface area contributed by atoms with Gasteiger partial charge in [-0.15, -0.1) is 12.3 Å². The first-order valence-corrected chi connectivity index (χ1v) is 5.56. The van der Waals surface area contributed by atoms with Crippen molar-refractivity contribution in [2.24, 2.45) is 0 Å². The van der Waals surface area contributed by atoms with Crippen LogP contribution in [-0.4, -0.2) is 18.0 Å². The van der Waals surface area contributed by atoms with Crippen LogP contribution in [0.25, 0.3) is 0 Å². The third-order valence-corrected chi connectivity index (χ3v) is 2.49. The summed E-state index contributed by atoms with van der Waals surface area (Å²) in [5.41, 5.74) is 1.38. The zero-order chi connectivity index (χ0) is 10.9. The zero-order valence-electron chi connectivity index (χ0n) is 9.45. The number of benzene rings is 1. The largest absolute Gasteiger partial charge is 0.299 e. The second-order valence-corrected chi connectivity index (χ2v) is 3.66. The molecule has 1 aromatic carbocycles. The van der Waals surface area contributed by atoms with Crippen molar-refractivity contribution in [1.29, 1.82) is 0 Å². The van der Waals surface area contributed by atoms with E-state index < -0.39 is 0 Å². The average molecular weight is 201 g/mol. The molecule has 0 aliphatic carbocycles. The van der Waals surface area contributed by atoms with Gasteiger partial charge in [0.25, 0.3) is 0 Å². The van der Waals surface area contributed by atoms with E-state index in [1.165, 1.54) is 5.56 Å². The standard InChI is InChI=1S/C14H19N/c1-3-5-9-12-15(4-2)13-14-10-7-6-8-11-14/h1,6-8,10-11H,4-5,9,12-13H2,2H3. The molecule has 0 fully saturated rings. The Bertz CT molecular complexity index is 297. The third-order valence-electron chi connectivity index (χ3n) is 2.49. The van der Waals surface area contributed by atoms with Crippen molar-refractivity contribution in [3.8, 4) is 12.3 Å². The van der Waals surface area contributed by atoms with Crippen molar-refractivity contribution >= 4 is 0 Å². The van der Waals surface area contributed by atoms with Gasteiger partial charge in [-0.25, -0.2) is 0 Å². The van der Waals surface area contributed by atoms with E-state index in [4.69, 9.17) is 6.42 Å². The molecule has 0 unspecified atom stereocenters. The van der Waals surface area contributed by atoms with E-state index in [0.29, 0.717) is 0 Å². The fraction of sp³-hybridized carbons (Fsp3) is 0.429. The lowest BCUT2D eigenvalue weighted by atomic mass is 10.2. The summed E-state index contributed by atoms with van der Waals surface area (Å²) in [6.45, 7) is 5.40. The zero-order valence-corrected chi connectivity index (χ0v) is 9.45. The molecule has 0 amide bonds. The number of hydrogen-bond acceptors (Lipinski definition) is 1. The highest BCUT2D eigenvalue weighted by Gasteiger charge is 2.01. The van der Waals surface area contributed by atoms with Gasteiger partial charge in [-0.05, 0) is 25.1 Å². The van der Waals surface area contributed by atoms with Crippen LogP contribution in [0.1, 0.15) is 25.3 Å². The van der Waals surface area contributed by atoms with Gasteiger partial charge in [-0.2, -0.15) is 0 Å². The van der Waals surface area contributed by atoms with E-state index in [1.54, 1.807) is 0 Å². The minimum atomic E-state index is 0.880. The molecule has 0 radical (unpaired) electrons. The molecule has 0 saturated heterocycles. The second-order valence-electron chi connectivity index (χ2n) is 3.66. The van der Waals surface area contributed by atoms with Crippen molar-refractivity contribution in [2.75, 3.05) is 13.1 Å². The Balaban J connectivity index is 2.37. The van der Waals surface area contributed by atoms with E-state index in [0.717, 1.165) is 32.5 Å². The molecular formula is C14H19N. The van der Waals surface area contributed by atoms with Crippen molar-refractivity contribution in [1.82, 2.24) is 4.90 Å². The number of nitrogens with zero attached hydrogens (tertiary/aromatic N) is 1. The van der Waals surface area contributed by atoms with Gasteiger partial charge in [0.1, 0.15) is 0 Å². The third kappa shape index (κ3) is 4.67. The predicted molar refractivity (Wildman–Crippen MR) is 65.5 cm³/mol. The van der Waals surface area contributed by atoms with E-state index >= 15 is 0 Å². The quantitative estimate of drug-likeness (QED) is 0.505. The lowest BCUT2D eigenvalue weighted by Gasteiger charge is -2.19. The minimum Gasteiger partial charge on any atom is -0.299 e. The SMILES string of the molecule is C#CCCCN(CC)Cc1ccccc1. The van der Waals surface area contributed by atoms with Gasteiger partial charge in [0.15, 0.2) is 0 Å². The molecule has 1 nitrogen and oxygen atoms in total. The Morgan fingerprint density at radius 3 is 2.60 bits per heavy atom. The van der Waals surface area contributed by atoms with Crippen molar-refractivity contribution in [3.63, 3.8) is 0 Å². The van der Waals surface area contributed by atoms with E-state index in [2.05, 4.69) is 48.1 Å². The predicted octanol–water partition coefficient (Wildman–Crippen LogP) is 2.92. The van der Waals surface area contributed by atoms with Crippen LogP contribution in [0, 0.1) is 12.3 Å². The van der Waals surface area contributed by atoms with Crippen LogP contribution < -0.4 is 0 Å². The fourth-order valence-corrected chi connectivity index (χ4v) is 1.60. The maximum absolute atomic E-state index is 5.24. The summed E-state index contributed by atoms with van der Waals surface area (Å²) >= 11 is 0. The van der Waals surface area contributed by atoms with Crippen molar-refractivity contribution < 1.29 is 0 Å². The van der Waals surface area contributed by atoms with E-state index in [1.807, 2.05) is 0 Å². The van der Waals surface area contributed by atoms with Crippen LogP contribution in [-0.2, 0) is 6.54 Å². The molecule has 0 aromatic heterocycles. The molecule has 0 spiro atoms. The monoisotopic (exact) mass is 201 g/mol. The number of unbranched alkanes of at least 4 members (excludes halogenated alkanes) is 1. The van der Waals surface area contributed by atoms with Gasteiger partial charge in [-0.1, -0.05) is 37.3 Å². The van der Waals surface area contributed by atoms with E-state index in [9.17, 15) is 0 Å². The maximum Gasteiger partial charge on any atom is 0.0233 e. The average Bonchev–Trinajstić information content (AvgIpc) is 2.29. The molecule has 1 aromatic rings. The van der Waals surface area contributed by atoms with Gasteiger partial charge in [-0.3, -0.25) is 4.90 Å². The Morgan fingerprint density at radius 2 is 2.00 bits per heavy atom. The molecule has 15 heavy (non-hydrogen) atoms. The van der Waals surface area contributed by atoms with Gasteiger partial charge in [0.05, 0.1) is 0 Å². The highest BCUT2D eigenvalue weighted by Crippen LogP contribution is 2.05. The highest BCUT2D eigenvalue weighted by molar-refractivity contribution is 5.14. The first kappa shape index (κ1) is 11.8. The summed E-state index contributed by atoms with van der Waals surface area (Å²) in [6.07, 6.45) is 7.21. The first-order valence-electron chi connectivity index (χ1n) is 5.56. The molecule has 0 atom stereocenters. The molecule has 1 rings (SSSR count). The molecule has 0 heterocycles. The van der Waals surface area contributed by atoms with Crippen LogP contribution in [0.2, 0.25) is 0 Å². The Kier molecular flexibility index (Phi) is 5.58. The summed E-state index contributed by atoms with van der Waals surface area (Å²) in [4.78, 5) is 2.42. The number of rotatable bonds is 6. The van der Waals surface area contributed by atoms with Gasteiger partial charge in [0.2, 0.25) is 0 Å². The smallest absolute Gasteiger partial charge is 0.0233 e. The van der Waals surface area contributed by atoms with Crippen molar-refractivity contribution in [2.45, 2.75) is 26.3 Å². The summed E-state index contributed by atoms with van der Waals surface area (Å²) in [6, 6.07) is 10.6. The lowest BCUT2D eigenvalue weighted by molar-refractivity contribution is 0.277. The summed E-state index contributed by atoms with van der Waals surface area (Å²) in [5, 5.41) is 0. The first-order chi connectivity index (χ1) is 7.36. The van der Waals surface area contributed by atoms with Gasteiger partial charge in [0, 0.05) is 13.0 Å². The molecule has 0 aliphatic rings. The summed E-state index contributed by atoms with van der Waals surface area (Å²) in [7, 11) is 0. The summed E-state index contributed by atoms with van der Waals surface area (Å²) in [5.74, 6) is 2.68. The molecule has 0 bridgehead atoms. The minimum absolute atomic E-state index is 0.880. The van der Waals surface area contributed by atoms with Gasteiger partial charge >= 0.3 is 0 Å². The van der Waals surface area contributed by atoms with Gasteiger partial charge < -0.3 is 0 Å². The van der Waals surface area contributed by atoms with Crippen LogP contribution in [0.15, 0.2) is 30.3 Å². The topological polar surface area (TPSA) is 3.24 Å². The second kappa shape index (κ2) is 7.09.